The molecule has 1 fully saturated rings. The van der Waals surface area contributed by atoms with E-state index in [1.54, 1.807) is 43.5 Å². The van der Waals surface area contributed by atoms with Crippen molar-refractivity contribution in [3.05, 3.63) is 81.8 Å². The normalized spacial score (nSPS) is 14.8. The van der Waals surface area contributed by atoms with Gasteiger partial charge in [0.25, 0.3) is 16.1 Å². The van der Waals surface area contributed by atoms with Gasteiger partial charge in [0.05, 0.1) is 6.54 Å². The molecule has 0 aliphatic carbocycles. The van der Waals surface area contributed by atoms with Crippen LogP contribution in [0.1, 0.15) is 40.3 Å². The van der Waals surface area contributed by atoms with Crippen LogP contribution in [-0.2, 0) is 21.5 Å². The summed E-state index contributed by atoms with van der Waals surface area (Å²) in [6, 6.07) is 13.8. The molecule has 1 amide bonds. The molecule has 1 saturated heterocycles. The predicted octanol–water partition coefficient (Wildman–Crippen LogP) is 2.54. The van der Waals surface area contributed by atoms with Crippen LogP contribution in [0.4, 0.5) is 5.69 Å². The van der Waals surface area contributed by atoms with Crippen molar-refractivity contribution < 1.29 is 23.1 Å². The van der Waals surface area contributed by atoms with Crippen molar-refractivity contribution in [2.45, 2.75) is 26.4 Å². The zero-order valence-corrected chi connectivity index (χ0v) is 23.8. The summed E-state index contributed by atoms with van der Waals surface area (Å²) in [7, 11) is -3.91. The fraction of sp³-hybridized carbons (Fsp3) is 0.321. The molecular formula is C28H31N5O5S2. The van der Waals surface area contributed by atoms with Crippen LogP contribution in [0.2, 0.25) is 0 Å². The molecule has 1 aliphatic rings. The van der Waals surface area contributed by atoms with Gasteiger partial charge in [-0.1, -0.05) is 31.8 Å². The number of carboxylic acid groups (broad SMARTS) is 1. The van der Waals surface area contributed by atoms with Gasteiger partial charge >= 0.3 is 5.97 Å². The number of amides is 1. The summed E-state index contributed by atoms with van der Waals surface area (Å²) in [5.41, 5.74) is 2.71. The van der Waals surface area contributed by atoms with Gasteiger partial charge in [-0.25, -0.2) is 0 Å². The number of hydrogen-bond donors (Lipinski definition) is 3. The van der Waals surface area contributed by atoms with Gasteiger partial charge in [-0.3, -0.25) is 14.6 Å². The number of pyridine rings is 1. The second-order valence-corrected chi connectivity index (χ2v) is 12.3. The number of piperazine rings is 1. The van der Waals surface area contributed by atoms with Gasteiger partial charge in [-0.05, 0) is 53.8 Å². The molecule has 1 aromatic carbocycles. The molecule has 1 aliphatic heterocycles. The van der Waals surface area contributed by atoms with E-state index < -0.39 is 22.2 Å². The molecule has 3 heterocycles. The number of benzene rings is 1. The third kappa shape index (κ3) is 7.67. The van der Waals surface area contributed by atoms with Gasteiger partial charge < -0.3 is 15.3 Å². The van der Waals surface area contributed by atoms with Crippen LogP contribution in [0.5, 0.6) is 0 Å². The Morgan fingerprint density at radius 1 is 1.05 bits per heavy atom. The molecule has 0 bridgehead atoms. The highest BCUT2D eigenvalue weighted by atomic mass is 32.2. The molecule has 3 aromatic rings. The van der Waals surface area contributed by atoms with Crippen LogP contribution in [-0.4, -0.2) is 66.9 Å². The van der Waals surface area contributed by atoms with Crippen molar-refractivity contribution in [2.75, 3.05) is 31.1 Å². The number of thiophene rings is 1. The van der Waals surface area contributed by atoms with Crippen LogP contribution in [0.15, 0.2) is 60.1 Å². The van der Waals surface area contributed by atoms with E-state index in [0.717, 1.165) is 16.1 Å². The van der Waals surface area contributed by atoms with E-state index in [9.17, 15) is 23.1 Å². The predicted molar refractivity (Wildman–Crippen MR) is 154 cm³/mol. The minimum absolute atomic E-state index is 0.243. The summed E-state index contributed by atoms with van der Waals surface area (Å²) < 4.78 is 29.0. The van der Waals surface area contributed by atoms with Crippen molar-refractivity contribution in [2.24, 2.45) is 5.92 Å². The monoisotopic (exact) mass is 581 g/mol. The number of carbonyl (C=O) groups excluding carboxylic acids is 1. The van der Waals surface area contributed by atoms with Crippen molar-refractivity contribution in [3.63, 3.8) is 0 Å². The van der Waals surface area contributed by atoms with Crippen LogP contribution >= 0.6 is 11.3 Å². The molecule has 3 N–H and O–H groups in total. The highest BCUT2D eigenvalue weighted by Crippen LogP contribution is 2.19. The Labute approximate surface area is 238 Å². The van der Waals surface area contributed by atoms with Crippen molar-refractivity contribution >= 4 is 39.1 Å². The third-order valence-corrected chi connectivity index (χ3v) is 8.84. The molecule has 0 spiro atoms. The number of rotatable bonds is 9. The number of nitrogens with one attached hydrogen (secondary N) is 2. The molecule has 12 heteroatoms. The molecule has 1 atom stereocenters. The van der Waals surface area contributed by atoms with Gasteiger partial charge in [0.2, 0.25) is 0 Å². The molecule has 10 nitrogen and oxygen atoms in total. The minimum atomic E-state index is -3.91. The quantitative estimate of drug-likeness (QED) is 0.331. The summed E-state index contributed by atoms with van der Waals surface area (Å²) in [6.07, 6.45) is 1.56. The smallest absolute Gasteiger partial charge is 0.322 e. The van der Waals surface area contributed by atoms with E-state index in [0.29, 0.717) is 30.9 Å². The molecule has 0 saturated carbocycles. The van der Waals surface area contributed by atoms with Crippen molar-refractivity contribution in [1.29, 1.82) is 0 Å². The maximum Gasteiger partial charge on any atom is 0.322 e. The van der Waals surface area contributed by atoms with Crippen LogP contribution in [0.3, 0.4) is 0 Å². The lowest BCUT2D eigenvalue weighted by atomic mass is 10.1. The number of carbonyl (C=O) groups is 2. The third-order valence-electron chi connectivity index (χ3n) is 6.37. The molecule has 210 valence electrons. The molecular weight excluding hydrogens is 550 g/mol. The Morgan fingerprint density at radius 3 is 2.38 bits per heavy atom. The van der Waals surface area contributed by atoms with Gasteiger partial charge in [0, 0.05) is 54.1 Å². The maximum atomic E-state index is 12.7. The highest BCUT2D eigenvalue weighted by Gasteiger charge is 2.32. The summed E-state index contributed by atoms with van der Waals surface area (Å²) >= 11 is 1.58. The second kappa shape index (κ2) is 13.1. The van der Waals surface area contributed by atoms with Gasteiger partial charge in [-0.15, -0.1) is 11.3 Å². The van der Waals surface area contributed by atoms with Gasteiger partial charge in [0.15, 0.2) is 0 Å². The van der Waals surface area contributed by atoms with Crippen LogP contribution in [0, 0.1) is 17.8 Å². The van der Waals surface area contributed by atoms with Gasteiger partial charge in [0.1, 0.15) is 11.7 Å². The Balaban J connectivity index is 1.32. The fourth-order valence-electron chi connectivity index (χ4n) is 4.10. The molecule has 0 radical (unpaired) electrons. The highest BCUT2D eigenvalue weighted by molar-refractivity contribution is 7.87. The Hall–Kier alpha value is -3.76. The largest absolute Gasteiger partial charge is 0.480 e. The first-order valence-corrected chi connectivity index (χ1v) is 15.1. The summed E-state index contributed by atoms with van der Waals surface area (Å²) in [5.74, 6) is 4.35. The van der Waals surface area contributed by atoms with E-state index in [4.69, 9.17) is 0 Å². The van der Waals surface area contributed by atoms with E-state index >= 15 is 0 Å². The van der Waals surface area contributed by atoms with E-state index in [1.165, 1.54) is 4.31 Å². The molecule has 2 aromatic heterocycles. The summed E-state index contributed by atoms with van der Waals surface area (Å²) in [5, 5.41) is 14.1. The zero-order chi connectivity index (χ0) is 28.7. The average molecular weight is 582 g/mol. The number of hydrogen-bond acceptors (Lipinski definition) is 7. The van der Waals surface area contributed by atoms with Gasteiger partial charge in [-0.2, -0.15) is 17.4 Å². The maximum absolute atomic E-state index is 12.7. The number of aliphatic carboxylic acids is 1. The minimum Gasteiger partial charge on any atom is -0.480 e. The lowest BCUT2D eigenvalue weighted by Gasteiger charge is -2.36. The molecule has 4 rings (SSSR count). The zero-order valence-electron chi connectivity index (χ0n) is 22.2. The van der Waals surface area contributed by atoms with E-state index in [-0.39, 0.29) is 24.9 Å². The Morgan fingerprint density at radius 2 is 1.75 bits per heavy atom. The second-order valence-electron chi connectivity index (χ2n) is 9.56. The van der Waals surface area contributed by atoms with E-state index in [2.05, 4.69) is 31.8 Å². The average Bonchev–Trinajstić information content (AvgIpc) is 3.48. The fourth-order valence-corrected chi connectivity index (χ4v) is 6.23. The number of nitrogens with zero attached hydrogens (tertiary/aromatic N) is 3. The summed E-state index contributed by atoms with van der Waals surface area (Å²) in [4.78, 5) is 31.1. The first-order valence-electron chi connectivity index (χ1n) is 12.8. The Kier molecular flexibility index (Phi) is 9.54. The van der Waals surface area contributed by atoms with E-state index in [1.807, 2.05) is 41.8 Å². The topological polar surface area (TPSA) is 132 Å². The number of carboxylic acids is 1. The molecule has 0 unspecified atom stereocenters. The van der Waals surface area contributed by atoms with Crippen LogP contribution in [0.25, 0.3) is 0 Å². The summed E-state index contributed by atoms with van der Waals surface area (Å²) in [6.45, 7) is 5.20. The lowest BCUT2D eigenvalue weighted by molar-refractivity contribution is -0.140. The first-order chi connectivity index (χ1) is 19.1. The lowest BCUT2D eigenvalue weighted by Crippen LogP contribution is -2.55. The Bertz CT molecular complexity index is 1490. The molecule has 40 heavy (non-hydrogen) atoms. The van der Waals surface area contributed by atoms with Crippen molar-refractivity contribution in [3.8, 4) is 11.8 Å². The number of anilines is 1. The number of aromatic nitrogens is 1. The first kappa shape index (κ1) is 29.2. The standard InChI is InChI=1S/C28H31N5O5S2/c1-20(2)26(28(35)36)31-40(37,38)33-15-13-32(14-16-33)23-9-7-21(8-10-23)5-6-22-11-12-29-25(18-22)27(34)30-19-24-4-3-17-39-24/h3-4,7-12,17-18,20,26,31H,13-16,19H2,1-2H3,(H,30,34)(H,35,36)/t26-/m1/s1. The van der Waals surface area contributed by atoms with Crippen LogP contribution < -0.4 is 14.9 Å². The van der Waals surface area contributed by atoms with Crippen molar-refractivity contribution in [1.82, 2.24) is 19.3 Å². The SMILES string of the molecule is CC(C)[C@@H](NS(=O)(=O)N1CCN(c2ccc(C#Cc3ccnc(C(=O)NCc4cccs4)c3)cc2)CC1)C(=O)O.